The zero-order valence-electron chi connectivity index (χ0n) is 17.8. The van der Waals surface area contributed by atoms with Crippen LogP contribution in [0.2, 0.25) is 0 Å². The van der Waals surface area contributed by atoms with Crippen LogP contribution >= 0.6 is 35.5 Å². The van der Waals surface area contributed by atoms with E-state index in [1.165, 1.54) is 38.5 Å². The van der Waals surface area contributed by atoms with Gasteiger partial charge in [-0.3, -0.25) is 4.79 Å². The Hall–Kier alpha value is -1.28. The average molecular weight is 463 g/mol. The number of carboxylic acid groups (broad SMARTS) is 1. The Bertz CT molecular complexity index is 848. The highest BCUT2D eigenvalue weighted by molar-refractivity contribution is 7.99. The summed E-state index contributed by atoms with van der Waals surface area (Å²) in [6.07, 6.45) is 4.32. The first-order valence-electron chi connectivity index (χ1n) is 10.3. The summed E-state index contributed by atoms with van der Waals surface area (Å²) in [5, 5.41) is 9.01. The van der Waals surface area contributed by atoms with E-state index >= 15 is 0 Å². The molecule has 30 heavy (non-hydrogen) atoms. The van der Waals surface area contributed by atoms with Crippen LogP contribution in [0.15, 0.2) is 52.3 Å². The number of para-hydroxylation sites is 1. The summed E-state index contributed by atoms with van der Waals surface area (Å²) in [5.74, 6) is 0.0886. The highest BCUT2D eigenvalue weighted by Gasteiger charge is 2.29. The van der Waals surface area contributed by atoms with Crippen LogP contribution in [-0.4, -0.2) is 46.5 Å². The molecule has 1 N–H and O–H groups in total. The molecule has 1 atom stereocenters. The molecule has 0 aromatic heterocycles. The van der Waals surface area contributed by atoms with Crippen LogP contribution in [0.25, 0.3) is 0 Å². The third-order valence-electron chi connectivity index (χ3n) is 5.14. The van der Waals surface area contributed by atoms with Gasteiger partial charge in [0.25, 0.3) is 0 Å². The normalized spacial score (nSPS) is 16.9. The first kappa shape index (κ1) is 23.4. The van der Waals surface area contributed by atoms with E-state index in [4.69, 9.17) is 5.11 Å². The maximum atomic E-state index is 11.0. The maximum absolute atomic E-state index is 11.0. The Morgan fingerprint density at radius 1 is 1.23 bits per heavy atom. The van der Waals surface area contributed by atoms with Gasteiger partial charge in [0.1, 0.15) is 0 Å². The molecule has 0 bridgehead atoms. The summed E-state index contributed by atoms with van der Waals surface area (Å²) in [6.45, 7) is 6.52. The second-order valence-corrected chi connectivity index (χ2v) is 10.2. The zero-order chi connectivity index (χ0) is 21.5. The molecule has 3 rings (SSSR count). The minimum atomic E-state index is -0.759. The van der Waals surface area contributed by atoms with Crippen LogP contribution in [0.3, 0.4) is 0 Å². The second-order valence-electron chi connectivity index (χ2n) is 7.26. The number of anilines is 2. The zero-order valence-corrected chi connectivity index (χ0v) is 20.3. The van der Waals surface area contributed by atoms with Gasteiger partial charge >= 0.3 is 5.97 Å². The molecular weight excluding hydrogens is 432 g/mol. The number of carboxylic acids is 1. The lowest BCUT2D eigenvalue weighted by Gasteiger charge is -2.31. The Labute approximate surface area is 192 Å². The number of hydrogen-bond acceptors (Lipinski definition) is 6. The molecule has 0 spiro atoms. The fourth-order valence-electron chi connectivity index (χ4n) is 3.66. The van der Waals surface area contributed by atoms with E-state index in [0.717, 1.165) is 25.9 Å². The van der Waals surface area contributed by atoms with Gasteiger partial charge in [-0.25, -0.2) is 4.31 Å². The molecule has 2 aromatic rings. The maximum Gasteiger partial charge on any atom is 0.313 e. The fourth-order valence-corrected chi connectivity index (χ4v) is 6.46. The van der Waals surface area contributed by atoms with Crippen LogP contribution < -0.4 is 4.90 Å². The summed E-state index contributed by atoms with van der Waals surface area (Å²) in [7, 11) is 0. The number of hydrogen-bond donors (Lipinski definition) is 1. The van der Waals surface area contributed by atoms with Crippen molar-refractivity contribution < 1.29 is 9.90 Å². The monoisotopic (exact) mass is 462 g/mol. The Morgan fingerprint density at radius 3 is 2.63 bits per heavy atom. The molecule has 2 aromatic carbocycles. The SMILES string of the molecule is CCCN1Sc2cc(CSCC(=O)O)c(SC)cc2N(c2ccccc2)CC1CC. The van der Waals surface area contributed by atoms with Gasteiger partial charge in [0.05, 0.1) is 11.4 Å². The Balaban J connectivity index is 2.05. The Kier molecular flexibility index (Phi) is 8.86. The van der Waals surface area contributed by atoms with Crippen molar-refractivity contribution in [1.29, 1.82) is 0 Å². The van der Waals surface area contributed by atoms with Gasteiger partial charge in [-0.15, -0.1) is 23.5 Å². The molecule has 0 radical (unpaired) electrons. The number of nitrogens with zero attached hydrogens (tertiary/aromatic N) is 2. The molecule has 1 aliphatic rings. The number of thioether (sulfide) groups is 2. The molecular formula is C23H30N2O2S3. The smallest absolute Gasteiger partial charge is 0.313 e. The number of fused-ring (bicyclic) bond motifs is 1. The lowest BCUT2D eigenvalue weighted by molar-refractivity contribution is -0.133. The third kappa shape index (κ3) is 5.69. The minimum Gasteiger partial charge on any atom is -0.481 e. The van der Waals surface area contributed by atoms with Crippen LogP contribution in [0.4, 0.5) is 11.4 Å². The molecule has 0 saturated heterocycles. The van der Waals surface area contributed by atoms with Gasteiger partial charge in [-0.1, -0.05) is 32.0 Å². The first-order valence-corrected chi connectivity index (χ1v) is 13.5. The lowest BCUT2D eigenvalue weighted by atomic mass is 10.1. The van der Waals surface area contributed by atoms with Gasteiger partial charge in [-0.2, -0.15) is 0 Å². The van der Waals surface area contributed by atoms with Crippen molar-refractivity contribution in [3.63, 3.8) is 0 Å². The lowest BCUT2D eigenvalue weighted by Crippen LogP contribution is -2.37. The van der Waals surface area contributed by atoms with E-state index < -0.39 is 5.97 Å². The van der Waals surface area contributed by atoms with Crippen LogP contribution in [-0.2, 0) is 10.5 Å². The van der Waals surface area contributed by atoms with Crippen molar-refractivity contribution in [2.75, 3.05) is 30.0 Å². The predicted molar refractivity (Wildman–Crippen MR) is 132 cm³/mol. The Morgan fingerprint density at radius 2 is 2.00 bits per heavy atom. The van der Waals surface area contributed by atoms with E-state index in [1.54, 1.807) is 11.8 Å². The molecule has 0 amide bonds. The summed E-state index contributed by atoms with van der Waals surface area (Å²) >= 11 is 5.07. The van der Waals surface area contributed by atoms with Crippen molar-refractivity contribution in [3.8, 4) is 0 Å². The highest BCUT2D eigenvalue weighted by Crippen LogP contribution is 2.44. The number of aliphatic carboxylic acids is 1. The number of carbonyl (C=O) groups is 1. The molecule has 1 unspecified atom stereocenters. The van der Waals surface area contributed by atoms with E-state index in [1.807, 2.05) is 11.9 Å². The van der Waals surface area contributed by atoms with E-state index in [9.17, 15) is 4.79 Å². The van der Waals surface area contributed by atoms with Gasteiger partial charge in [0, 0.05) is 40.4 Å². The molecule has 162 valence electrons. The average Bonchev–Trinajstić information content (AvgIpc) is 2.90. The molecule has 1 aliphatic heterocycles. The van der Waals surface area contributed by atoms with Crippen molar-refractivity contribution in [2.45, 2.75) is 48.3 Å². The van der Waals surface area contributed by atoms with Crippen LogP contribution in [0.1, 0.15) is 32.3 Å². The van der Waals surface area contributed by atoms with Crippen molar-refractivity contribution in [1.82, 2.24) is 4.31 Å². The van der Waals surface area contributed by atoms with Crippen LogP contribution in [0, 0.1) is 0 Å². The highest BCUT2D eigenvalue weighted by atomic mass is 32.2. The van der Waals surface area contributed by atoms with Crippen molar-refractivity contribution in [3.05, 3.63) is 48.0 Å². The number of rotatable bonds is 9. The molecule has 0 saturated carbocycles. The number of benzene rings is 2. The summed E-state index contributed by atoms with van der Waals surface area (Å²) < 4.78 is 2.54. The molecule has 4 nitrogen and oxygen atoms in total. The predicted octanol–water partition coefficient (Wildman–Crippen LogP) is 6.38. The molecule has 0 fully saturated rings. The van der Waals surface area contributed by atoms with E-state index in [-0.39, 0.29) is 5.75 Å². The van der Waals surface area contributed by atoms with Gasteiger partial charge < -0.3 is 10.0 Å². The second kappa shape index (κ2) is 11.4. The van der Waals surface area contributed by atoms with Gasteiger partial charge in [-0.05, 0) is 60.9 Å². The summed E-state index contributed by atoms with van der Waals surface area (Å²) in [5.41, 5.74) is 3.69. The van der Waals surface area contributed by atoms with E-state index in [0.29, 0.717) is 11.8 Å². The van der Waals surface area contributed by atoms with E-state index in [2.05, 4.69) is 71.8 Å². The molecule has 1 heterocycles. The minimum absolute atomic E-state index is 0.133. The van der Waals surface area contributed by atoms with Crippen molar-refractivity contribution >= 4 is 52.8 Å². The largest absolute Gasteiger partial charge is 0.481 e. The molecule has 0 aliphatic carbocycles. The fraction of sp³-hybridized carbons (Fsp3) is 0.435. The topological polar surface area (TPSA) is 43.8 Å². The first-order chi connectivity index (χ1) is 14.6. The molecule has 7 heteroatoms. The van der Waals surface area contributed by atoms with Crippen LogP contribution in [0.5, 0.6) is 0 Å². The third-order valence-corrected chi connectivity index (χ3v) is 8.16. The summed E-state index contributed by atoms with van der Waals surface area (Å²) in [4.78, 5) is 15.9. The standard InChI is InChI=1S/C23H30N2O2S3/c1-4-11-25-18(5-2)14-24(19-9-7-6-8-10-19)20-13-21(28-3)17(12-22(20)30-25)15-29-16-23(26)27/h6-10,12-13,18H,4-5,11,14-16H2,1-3H3,(H,26,27). The van der Waals surface area contributed by atoms with Gasteiger partial charge in [0.15, 0.2) is 0 Å². The van der Waals surface area contributed by atoms with Crippen molar-refractivity contribution in [2.24, 2.45) is 0 Å². The quantitative estimate of drug-likeness (QED) is 0.343. The van der Waals surface area contributed by atoms with Gasteiger partial charge in [0.2, 0.25) is 0 Å². The summed E-state index contributed by atoms with van der Waals surface area (Å²) in [6, 6.07) is 15.7.